The van der Waals surface area contributed by atoms with Gasteiger partial charge in [0.2, 0.25) is 0 Å². The summed E-state index contributed by atoms with van der Waals surface area (Å²) in [4.78, 5) is 2.31. The number of allylic oxidation sites excluding steroid dienone is 1. The second kappa shape index (κ2) is 3.78. The van der Waals surface area contributed by atoms with Crippen molar-refractivity contribution in [3.8, 4) is 0 Å². The van der Waals surface area contributed by atoms with Crippen LogP contribution in [0.5, 0.6) is 0 Å². The van der Waals surface area contributed by atoms with Gasteiger partial charge in [-0.3, -0.25) is 0 Å². The van der Waals surface area contributed by atoms with Crippen LogP contribution in [0.1, 0.15) is 6.92 Å². The van der Waals surface area contributed by atoms with E-state index in [2.05, 4.69) is 22.7 Å². The molecule has 4 heteroatoms. The van der Waals surface area contributed by atoms with Crippen LogP contribution in [0.2, 0.25) is 0 Å². The SMILES string of the molecule is CC1=CS/C(=C2/SC=C[Se]2)[Se]1. The van der Waals surface area contributed by atoms with Crippen LogP contribution < -0.4 is 0 Å². The van der Waals surface area contributed by atoms with Crippen LogP contribution in [-0.2, 0) is 0 Å². The van der Waals surface area contributed by atoms with Crippen molar-refractivity contribution in [3.05, 3.63) is 27.9 Å². The molecule has 2 heterocycles. The fraction of sp³-hybridized carbons (Fsp3) is 0.143. The molecule has 0 N–H and O–H groups in total. The van der Waals surface area contributed by atoms with Crippen LogP contribution in [0.3, 0.4) is 0 Å². The fourth-order valence-electron chi connectivity index (χ4n) is 0.724. The normalized spacial score (nSPS) is 29.7. The van der Waals surface area contributed by atoms with Crippen LogP contribution in [0.4, 0.5) is 0 Å². The molecule has 0 spiro atoms. The second-order valence-electron chi connectivity index (χ2n) is 2.03. The summed E-state index contributed by atoms with van der Waals surface area (Å²) in [5.74, 6) is 0. The molecule has 0 aromatic carbocycles. The summed E-state index contributed by atoms with van der Waals surface area (Å²) in [5.41, 5.74) is 0. The van der Waals surface area contributed by atoms with E-state index < -0.39 is 0 Å². The summed E-state index contributed by atoms with van der Waals surface area (Å²) in [5, 5.41) is 4.53. The van der Waals surface area contributed by atoms with E-state index in [0.29, 0.717) is 29.9 Å². The number of hydrogen-bond acceptors (Lipinski definition) is 2. The van der Waals surface area contributed by atoms with Crippen molar-refractivity contribution >= 4 is 53.4 Å². The summed E-state index contributed by atoms with van der Waals surface area (Å²) >= 11 is 5.21. The maximum absolute atomic E-state index is 2.31. The number of hydrogen-bond donors (Lipinski definition) is 0. The van der Waals surface area contributed by atoms with Crippen molar-refractivity contribution in [3.63, 3.8) is 0 Å². The van der Waals surface area contributed by atoms with Gasteiger partial charge in [-0.25, -0.2) is 0 Å². The van der Waals surface area contributed by atoms with Crippen molar-refractivity contribution < 1.29 is 0 Å². The molecule has 0 nitrogen and oxygen atoms in total. The molecule has 2 aliphatic rings. The standard InChI is InChI=1S/C7H6S2Se2/c1-5-4-9-7(11-5)6-8-2-3-10-6/h2-4H,1H3/b7-6+. The van der Waals surface area contributed by atoms with Gasteiger partial charge in [-0.15, -0.1) is 0 Å². The van der Waals surface area contributed by atoms with E-state index in [4.69, 9.17) is 0 Å². The zero-order valence-corrected chi connectivity index (χ0v) is 10.9. The molecule has 0 bridgehead atoms. The van der Waals surface area contributed by atoms with Crippen molar-refractivity contribution in [2.75, 3.05) is 0 Å². The van der Waals surface area contributed by atoms with Gasteiger partial charge in [-0.2, -0.15) is 0 Å². The van der Waals surface area contributed by atoms with Crippen LogP contribution in [0.15, 0.2) is 27.9 Å². The van der Waals surface area contributed by atoms with E-state index in [1.807, 2.05) is 23.5 Å². The summed E-state index contributed by atoms with van der Waals surface area (Å²) in [7, 11) is 0. The molecular weight excluding hydrogens is 306 g/mol. The molecule has 0 amide bonds. The Kier molecular flexibility index (Phi) is 2.94. The zero-order chi connectivity index (χ0) is 7.68. The van der Waals surface area contributed by atoms with Gasteiger partial charge in [0.05, 0.1) is 0 Å². The Morgan fingerprint density at radius 3 is 2.73 bits per heavy atom. The molecule has 0 radical (unpaired) electrons. The van der Waals surface area contributed by atoms with Crippen LogP contribution in [0.25, 0.3) is 0 Å². The minimum atomic E-state index is 0.660. The molecular formula is C7H6S2Se2. The molecule has 11 heavy (non-hydrogen) atoms. The van der Waals surface area contributed by atoms with Crippen LogP contribution in [0, 0.1) is 0 Å². The third-order valence-electron chi connectivity index (χ3n) is 1.16. The van der Waals surface area contributed by atoms with E-state index >= 15 is 0 Å². The summed E-state index contributed by atoms with van der Waals surface area (Å²) in [6, 6.07) is 0. The van der Waals surface area contributed by atoms with Crippen molar-refractivity contribution in [1.82, 2.24) is 0 Å². The first kappa shape index (κ1) is 8.55. The molecule has 2 aliphatic heterocycles. The average Bonchev–Trinajstić information content (AvgIpc) is 2.55. The van der Waals surface area contributed by atoms with E-state index in [0.717, 1.165) is 0 Å². The second-order valence-corrected chi connectivity index (χ2v) is 9.55. The Bertz CT molecular complexity index is 256. The maximum atomic E-state index is 2.31. The topological polar surface area (TPSA) is 0 Å². The quantitative estimate of drug-likeness (QED) is 0.630. The predicted molar refractivity (Wildman–Crippen MR) is 56.6 cm³/mol. The molecule has 2 rings (SSSR count). The Labute approximate surface area is 87.7 Å². The van der Waals surface area contributed by atoms with Crippen LogP contribution >= 0.6 is 23.5 Å². The summed E-state index contributed by atoms with van der Waals surface area (Å²) in [6.45, 7) is 2.24. The third-order valence-corrected chi connectivity index (χ3v) is 10.2. The van der Waals surface area contributed by atoms with Gasteiger partial charge in [0.15, 0.2) is 0 Å². The van der Waals surface area contributed by atoms with Gasteiger partial charge < -0.3 is 0 Å². The Hall–Kier alpha value is 0.959. The van der Waals surface area contributed by atoms with Gasteiger partial charge in [0, 0.05) is 0 Å². The van der Waals surface area contributed by atoms with Gasteiger partial charge >= 0.3 is 88.2 Å². The van der Waals surface area contributed by atoms with Crippen molar-refractivity contribution in [1.29, 1.82) is 0 Å². The molecule has 0 aromatic rings. The zero-order valence-electron chi connectivity index (χ0n) is 5.87. The Morgan fingerprint density at radius 2 is 2.18 bits per heavy atom. The van der Waals surface area contributed by atoms with Gasteiger partial charge in [-0.05, 0) is 0 Å². The molecule has 0 unspecified atom stereocenters. The van der Waals surface area contributed by atoms with Crippen molar-refractivity contribution in [2.45, 2.75) is 6.92 Å². The van der Waals surface area contributed by atoms with E-state index in [-0.39, 0.29) is 0 Å². The third kappa shape index (κ3) is 2.00. The van der Waals surface area contributed by atoms with Gasteiger partial charge in [0.25, 0.3) is 0 Å². The molecule has 0 aliphatic carbocycles. The molecule has 0 fully saturated rings. The predicted octanol–water partition coefficient (Wildman–Crippen LogP) is 2.35. The number of thioether (sulfide) groups is 2. The van der Waals surface area contributed by atoms with E-state index in [1.54, 1.807) is 12.1 Å². The molecule has 0 atom stereocenters. The van der Waals surface area contributed by atoms with Crippen LogP contribution in [-0.4, -0.2) is 29.9 Å². The fourth-order valence-corrected chi connectivity index (χ4v) is 8.75. The van der Waals surface area contributed by atoms with E-state index in [1.165, 1.54) is 0 Å². The molecule has 58 valence electrons. The minimum absolute atomic E-state index is 0.660. The monoisotopic (exact) mass is 314 g/mol. The molecule has 0 saturated carbocycles. The Morgan fingerprint density at radius 1 is 1.27 bits per heavy atom. The van der Waals surface area contributed by atoms with Gasteiger partial charge in [0.1, 0.15) is 0 Å². The summed E-state index contributed by atoms with van der Waals surface area (Å²) in [6.07, 6.45) is 0. The van der Waals surface area contributed by atoms with E-state index in [9.17, 15) is 0 Å². The summed E-state index contributed by atoms with van der Waals surface area (Å²) < 4.78 is 4.88. The first-order valence-corrected chi connectivity index (χ1v) is 8.42. The number of rotatable bonds is 0. The molecule has 0 saturated heterocycles. The van der Waals surface area contributed by atoms with Gasteiger partial charge in [-0.1, -0.05) is 0 Å². The average molecular weight is 312 g/mol. The first-order valence-electron chi connectivity index (χ1n) is 3.10. The first-order chi connectivity index (χ1) is 5.36. The van der Waals surface area contributed by atoms with Crippen molar-refractivity contribution in [2.24, 2.45) is 0 Å². The molecule has 0 aromatic heterocycles. The Balaban J connectivity index is 2.12.